The number of thiophene rings is 1. The third-order valence-corrected chi connectivity index (χ3v) is 4.44. The van der Waals surface area contributed by atoms with Gasteiger partial charge in [0.1, 0.15) is 9.71 Å². The molecule has 0 saturated carbocycles. The zero-order chi connectivity index (χ0) is 17.6. The minimum Gasteiger partial charge on any atom is -0.397 e. The molecule has 7 heteroatoms. The topological polar surface area (TPSA) is 93.3 Å². The van der Waals surface area contributed by atoms with Crippen LogP contribution in [0.4, 0.5) is 11.4 Å². The molecule has 25 heavy (non-hydrogen) atoms. The third kappa shape index (κ3) is 3.78. The number of allylic oxidation sites excluding steroid dienone is 2. The number of hydrogen-bond donors (Lipinski definition) is 2. The van der Waals surface area contributed by atoms with Crippen molar-refractivity contribution in [2.45, 2.75) is 0 Å². The lowest BCUT2D eigenvalue weighted by Gasteiger charge is -2.03. The Labute approximate surface area is 148 Å². The molecule has 1 amide bonds. The number of nitrogens with zero attached hydrogens (tertiary/aromatic N) is 3. The summed E-state index contributed by atoms with van der Waals surface area (Å²) < 4.78 is 0. The Bertz CT molecular complexity index is 976. The molecule has 0 fully saturated rings. The van der Waals surface area contributed by atoms with Gasteiger partial charge < -0.3 is 11.1 Å². The summed E-state index contributed by atoms with van der Waals surface area (Å²) in [5, 5.41) is 3.58. The number of nitrogen functional groups attached to an aromatic ring is 1. The average Bonchev–Trinajstić information content (AvgIpc) is 2.96. The first-order valence-corrected chi connectivity index (χ1v) is 8.20. The van der Waals surface area contributed by atoms with Crippen LogP contribution >= 0.6 is 11.3 Å². The molecule has 3 heterocycles. The van der Waals surface area contributed by atoms with Gasteiger partial charge in [0.2, 0.25) is 0 Å². The highest BCUT2D eigenvalue weighted by atomic mass is 32.1. The fourth-order valence-electron chi connectivity index (χ4n) is 2.16. The lowest BCUT2D eigenvalue weighted by Crippen LogP contribution is -2.11. The van der Waals surface area contributed by atoms with E-state index in [1.165, 1.54) is 11.3 Å². The Hall–Kier alpha value is -3.32. The molecule has 3 N–H and O–H groups in total. The standard InChI is InChI=1S/C18H15N5OS/c1-20-9-3-2-4-12-5-6-14-15(19)16(25-18(14)23-12)17(24)22-13-7-10-21-11-8-13/h2-11H,1,19H2,(H,21,22,24)/b4-2+,9-3-. The number of aromatic nitrogens is 2. The van der Waals surface area contributed by atoms with Crippen LogP contribution in [0.5, 0.6) is 0 Å². The summed E-state index contributed by atoms with van der Waals surface area (Å²) in [6.07, 6.45) is 10.2. The molecule has 0 radical (unpaired) electrons. The van der Waals surface area contributed by atoms with E-state index in [4.69, 9.17) is 5.73 Å². The highest BCUT2D eigenvalue weighted by Gasteiger charge is 2.17. The van der Waals surface area contributed by atoms with E-state index in [-0.39, 0.29) is 5.91 Å². The van der Waals surface area contributed by atoms with Gasteiger partial charge in [-0.05, 0) is 43.1 Å². The van der Waals surface area contributed by atoms with E-state index in [9.17, 15) is 4.79 Å². The first-order valence-electron chi connectivity index (χ1n) is 7.38. The van der Waals surface area contributed by atoms with Gasteiger partial charge in [-0.25, -0.2) is 4.98 Å². The van der Waals surface area contributed by atoms with Gasteiger partial charge in [-0.2, -0.15) is 0 Å². The Morgan fingerprint density at radius 3 is 2.80 bits per heavy atom. The second-order valence-corrected chi connectivity index (χ2v) is 6.01. The van der Waals surface area contributed by atoms with Gasteiger partial charge in [0.15, 0.2) is 0 Å². The van der Waals surface area contributed by atoms with Crippen molar-refractivity contribution in [1.82, 2.24) is 9.97 Å². The summed E-state index contributed by atoms with van der Waals surface area (Å²) in [7, 11) is 0. The average molecular weight is 349 g/mol. The Morgan fingerprint density at radius 2 is 2.04 bits per heavy atom. The molecule has 3 aromatic heterocycles. The van der Waals surface area contributed by atoms with Gasteiger partial charge in [0, 0.05) is 29.7 Å². The Kier molecular flexibility index (Phi) is 4.96. The minimum atomic E-state index is -0.260. The Balaban J connectivity index is 1.88. The van der Waals surface area contributed by atoms with Crippen LogP contribution in [0.1, 0.15) is 15.4 Å². The van der Waals surface area contributed by atoms with Crippen LogP contribution in [0.2, 0.25) is 0 Å². The number of hydrogen-bond acceptors (Lipinski definition) is 6. The lowest BCUT2D eigenvalue weighted by atomic mass is 10.2. The van der Waals surface area contributed by atoms with Crippen molar-refractivity contribution in [3.63, 3.8) is 0 Å². The molecule has 0 aliphatic rings. The van der Waals surface area contributed by atoms with Crippen LogP contribution in [0, 0.1) is 0 Å². The molecular formula is C18H15N5OS. The minimum absolute atomic E-state index is 0.260. The number of nitrogens with two attached hydrogens (primary N) is 1. The second-order valence-electron chi connectivity index (χ2n) is 5.01. The van der Waals surface area contributed by atoms with Crippen molar-refractivity contribution in [2.75, 3.05) is 11.1 Å². The summed E-state index contributed by atoms with van der Waals surface area (Å²) in [6, 6.07) is 7.15. The predicted octanol–water partition coefficient (Wildman–Crippen LogP) is 3.75. The van der Waals surface area contributed by atoms with Crippen molar-refractivity contribution in [3.8, 4) is 0 Å². The number of aliphatic imine (C=N–C) groups is 1. The first-order chi connectivity index (χ1) is 12.2. The number of rotatable bonds is 5. The molecule has 0 spiro atoms. The molecule has 3 rings (SSSR count). The molecule has 6 nitrogen and oxygen atoms in total. The number of amides is 1. The van der Waals surface area contributed by atoms with Crippen LogP contribution < -0.4 is 11.1 Å². The summed E-state index contributed by atoms with van der Waals surface area (Å²) in [6.45, 7) is 3.37. The van der Waals surface area contributed by atoms with E-state index in [2.05, 4.69) is 27.0 Å². The Morgan fingerprint density at radius 1 is 1.24 bits per heavy atom. The van der Waals surface area contributed by atoms with Gasteiger partial charge in [0.05, 0.1) is 11.4 Å². The number of pyridine rings is 2. The summed E-state index contributed by atoms with van der Waals surface area (Å²) >= 11 is 1.26. The molecule has 0 unspecified atom stereocenters. The maximum absolute atomic E-state index is 12.5. The quantitative estimate of drug-likeness (QED) is 0.542. The van der Waals surface area contributed by atoms with Crippen molar-refractivity contribution in [3.05, 3.63) is 65.6 Å². The van der Waals surface area contributed by atoms with Gasteiger partial charge in [-0.3, -0.25) is 14.8 Å². The molecular weight excluding hydrogens is 334 g/mol. The smallest absolute Gasteiger partial charge is 0.267 e. The lowest BCUT2D eigenvalue weighted by molar-refractivity contribution is 0.103. The largest absolute Gasteiger partial charge is 0.397 e. The van der Waals surface area contributed by atoms with E-state index < -0.39 is 0 Å². The second kappa shape index (κ2) is 7.50. The first kappa shape index (κ1) is 16.5. The molecule has 0 atom stereocenters. The van der Waals surface area contributed by atoms with E-state index >= 15 is 0 Å². The summed E-state index contributed by atoms with van der Waals surface area (Å²) in [5.74, 6) is -0.260. The fourth-order valence-corrected chi connectivity index (χ4v) is 3.16. The van der Waals surface area contributed by atoms with Gasteiger partial charge in [-0.1, -0.05) is 6.08 Å². The zero-order valence-electron chi connectivity index (χ0n) is 13.2. The molecule has 0 aliphatic carbocycles. The maximum atomic E-state index is 12.5. The van der Waals surface area contributed by atoms with Crippen molar-refractivity contribution in [1.29, 1.82) is 0 Å². The number of carbonyl (C=O) groups excluding carboxylic acids is 1. The van der Waals surface area contributed by atoms with Gasteiger partial charge in [-0.15, -0.1) is 11.3 Å². The monoisotopic (exact) mass is 349 g/mol. The summed E-state index contributed by atoms with van der Waals surface area (Å²) in [4.78, 5) is 25.7. The van der Waals surface area contributed by atoms with Crippen LogP contribution in [-0.4, -0.2) is 22.6 Å². The van der Waals surface area contributed by atoms with Crippen LogP contribution in [-0.2, 0) is 0 Å². The molecule has 0 saturated heterocycles. The fraction of sp³-hybridized carbons (Fsp3) is 0. The maximum Gasteiger partial charge on any atom is 0.267 e. The van der Waals surface area contributed by atoms with Crippen LogP contribution in [0.15, 0.2) is 60.0 Å². The molecule has 0 bridgehead atoms. The third-order valence-electron chi connectivity index (χ3n) is 3.33. The van der Waals surface area contributed by atoms with Gasteiger partial charge >= 0.3 is 0 Å². The van der Waals surface area contributed by atoms with Crippen LogP contribution in [0.3, 0.4) is 0 Å². The molecule has 0 aliphatic heterocycles. The van der Waals surface area contributed by atoms with E-state index in [1.54, 1.807) is 36.8 Å². The number of anilines is 2. The van der Waals surface area contributed by atoms with Crippen molar-refractivity contribution in [2.24, 2.45) is 4.99 Å². The van der Waals surface area contributed by atoms with E-state index in [1.807, 2.05) is 24.3 Å². The van der Waals surface area contributed by atoms with Crippen LogP contribution in [0.25, 0.3) is 16.3 Å². The van der Waals surface area contributed by atoms with E-state index in [0.29, 0.717) is 21.1 Å². The summed E-state index contributed by atoms with van der Waals surface area (Å²) in [5.41, 5.74) is 8.00. The molecule has 0 aromatic carbocycles. The number of carbonyl (C=O) groups is 1. The van der Waals surface area contributed by atoms with Gasteiger partial charge in [0.25, 0.3) is 5.91 Å². The SMILES string of the molecule is C=N/C=C\C=C\c1ccc2c(N)c(C(=O)Nc3ccncc3)sc2n1. The van der Waals surface area contributed by atoms with E-state index in [0.717, 1.165) is 11.1 Å². The van der Waals surface area contributed by atoms with Crippen molar-refractivity contribution >= 4 is 51.6 Å². The number of nitrogens with one attached hydrogen (secondary N) is 1. The molecule has 3 aromatic rings. The van der Waals surface area contributed by atoms with Crippen molar-refractivity contribution < 1.29 is 4.79 Å². The number of fused-ring (bicyclic) bond motifs is 1. The highest BCUT2D eigenvalue weighted by Crippen LogP contribution is 2.33. The zero-order valence-corrected chi connectivity index (χ0v) is 14.0. The molecule has 124 valence electrons. The normalized spacial score (nSPS) is 11.4. The highest BCUT2D eigenvalue weighted by molar-refractivity contribution is 7.21. The predicted molar refractivity (Wildman–Crippen MR) is 104 cm³/mol.